The quantitative estimate of drug-likeness (QED) is 0.917. The molecule has 20 heavy (non-hydrogen) atoms. The summed E-state index contributed by atoms with van der Waals surface area (Å²) >= 11 is 0. The van der Waals surface area contributed by atoms with Crippen LogP contribution in [-0.4, -0.2) is 36.9 Å². The van der Waals surface area contributed by atoms with Gasteiger partial charge in [0.05, 0.1) is 10.8 Å². The number of halogens is 1. The van der Waals surface area contributed by atoms with Gasteiger partial charge in [0.15, 0.2) is 0 Å². The summed E-state index contributed by atoms with van der Waals surface area (Å²) in [5, 5.41) is 9.06. The van der Waals surface area contributed by atoms with Gasteiger partial charge in [-0.25, -0.2) is 12.8 Å². The third-order valence-electron chi connectivity index (χ3n) is 3.65. The number of aliphatic carboxylic acids is 1. The van der Waals surface area contributed by atoms with Crippen molar-refractivity contribution in [1.82, 2.24) is 4.31 Å². The monoisotopic (exact) mass is 301 g/mol. The van der Waals surface area contributed by atoms with E-state index in [9.17, 15) is 17.6 Å². The van der Waals surface area contributed by atoms with Crippen LogP contribution in [-0.2, 0) is 14.8 Å². The van der Waals surface area contributed by atoms with Gasteiger partial charge in [-0.2, -0.15) is 4.31 Å². The number of rotatable bonds is 3. The lowest BCUT2D eigenvalue weighted by molar-refractivity contribution is -0.142. The molecule has 1 fully saturated rings. The highest BCUT2D eigenvalue weighted by molar-refractivity contribution is 7.89. The number of hydrogen-bond acceptors (Lipinski definition) is 3. The Balaban J connectivity index is 2.35. The average Bonchev–Trinajstić information content (AvgIpc) is 2.71. The highest BCUT2D eigenvalue weighted by Crippen LogP contribution is 2.30. The molecule has 1 saturated heterocycles. The SMILES string of the molecule is Cc1cc(F)ccc1S(=O)(=O)N1C[C@@H](C)[C@H](C(=O)O)C1. The zero-order valence-electron chi connectivity index (χ0n) is 11.2. The minimum Gasteiger partial charge on any atom is -0.481 e. The van der Waals surface area contributed by atoms with Gasteiger partial charge in [-0.1, -0.05) is 6.92 Å². The Kier molecular flexibility index (Phi) is 3.84. The Morgan fingerprint density at radius 3 is 2.55 bits per heavy atom. The predicted molar refractivity (Wildman–Crippen MR) is 70.2 cm³/mol. The van der Waals surface area contributed by atoms with E-state index in [4.69, 9.17) is 5.11 Å². The predicted octanol–water partition coefficient (Wildman–Crippen LogP) is 1.48. The van der Waals surface area contributed by atoms with Gasteiger partial charge in [0.2, 0.25) is 10.0 Å². The van der Waals surface area contributed by atoms with Crippen molar-refractivity contribution in [2.24, 2.45) is 11.8 Å². The summed E-state index contributed by atoms with van der Waals surface area (Å²) in [6.45, 7) is 3.35. The third kappa shape index (κ3) is 2.55. The van der Waals surface area contributed by atoms with E-state index in [0.29, 0.717) is 5.56 Å². The van der Waals surface area contributed by atoms with Crippen LogP contribution < -0.4 is 0 Å². The maximum absolute atomic E-state index is 13.1. The molecule has 0 aromatic heterocycles. The molecule has 0 saturated carbocycles. The molecule has 1 aliphatic heterocycles. The van der Waals surface area contributed by atoms with Crippen molar-refractivity contribution < 1.29 is 22.7 Å². The largest absolute Gasteiger partial charge is 0.481 e. The molecule has 0 radical (unpaired) electrons. The summed E-state index contributed by atoms with van der Waals surface area (Å²) in [6, 6.07) is 3.47. The highest BCUT2D eigenvalue weighted by atomic mass is 32.2. The number of carboxylic acid groups (broad SMARTS) is 1. The maximum atomic E-state index is 13.1. The first-order valence-electron chi connectivity index (χ1n) is 6.22. The number of sulfonamides is 1. The number of benzene rings is 1. The van der Waals surface area contributed by atoms with Gasteiger partial charge in [0.25, 0.3) is 0 Å². The summed E-state index contributed by atoms with van der Waals surface area (Å²) in [7, 11) is -3.78. The van der Waals surface area contributed by atoms with Gasteiger partial charge in [0.1, 0.15) is 5.82 Å². The first-order valence-corrected chi connectivity index (χ1v) is 7.66. The molecule has 0 aliphatic carbocycles. The molecule has 0 unspecified atom stereocenters. The van der Waals surface area contributed by atoms with E-state index in [0.717, 1.165) is 16.4 Å². The first kappa shape index (κ1) is 14.9. The van der Waals surface area contributed by atoms with Crippen molar-refractivity contribution >= 4 is 16.0 Å². The number of nitrogens with zero attached hydrogens (tertiary/aromatic N) is 1. The minimum absolute atomic E-state index is 0.0251. The second-order valence-corrected chi connectivity index (χ2v) is 7.06. The van der Waals surface area contributed by atoms with Crippen LogP contribution in [0, 0.1) is 24.6 Å². The molecule has 1 N–H and O–H groups in total. The fourth-order valence-electron chi connectivity index (χ4n) is 2.48. The molecule has 1 aromatic rings. The third-order valence-corrected chi connectivity index (χ3v) is 5.64. The molecule has 5 nitrogen and oxygen atoms in total. The Labute approximate surface area is 117 Å². The van der Waals surface area contributed by atoms with Crippen molar-refractivity contribution in [2.75, 3.05) is 13.1 Å². The standard InChI is InChI=1S/C13H16FNO4S/c1-8-5-10(14)3-4-12(8)20(18,19)15-6-9(2)11(7-15)13(16)17/h3-5,9,11H,6-7H2,1-2H3,(H,16,17)/t9-,11-/m1/s1. The molecular weight excluding hydrogens is 285 g/mol. The molecule has 1 heterocycles. The van der Waals surface area contributed by atoms with Gasteiger partial charge in [-0.3, -0.25) is 4.79 Å². The van der Waals surface area contributed by atoms with Gasteiger partial charge < -0.3 is 5.11 Å². The normalized spacial score (nSPS) is 23.9. The average molecular weight is 301 g/mol. The molecule has 2 rings (SSSR count). The minimum atomic E-state index is -3.78. The Bertz CT molecular complexity index is 644. The highest BCUT2D eigenvalue weighted by Gasteiger charge is 2.41. The van der Waals surface area contributed by atoms with Crippen molar-refractivity contribution in [3.8, 4) is 0 Å². The van der Waals surface area contributed by atoms with Crippen molar-refractivity contribution in [3.63, 3.8) is 0 Å². The first-order chi connectivity index (χ1) is 9.23. The van der Waals surface area contributed by atoms with Crippen LogP contribution in [0.15, 0.2) is 23.1 Å². The van der Waals surface area contributed by atoms with Crippen LogP contribution in [0.3, 0.4) is 0 Å². The molecule has 2 atom stereocenters. The molecule has 1 aliphatic rings. The Morgan fingerprint density at radius 2 is 2.05 bits per heavy atom. The van der Waals surface area contributed by atoms with E-state index in [1.165, 1.54) is 13.0 Å². The second-order valence-electron chi connectivity index (χ2n) is 5.15. The van der Waals surface area contributed by atoms with Crippen LogP contribution in [0.1, 0.15) is 12.5 Å². The van der Waals surface area contributed by atoms with E-state index in [-0.39, 0.29) is 23.9 Å². The molecule has 7 heteroatoms. The molecule has 0 amide bonds. The lowest BCUT2D eigenvalue weighted by atomic mass is 9.99. The van der Waals surface area contributed by atoms with Crippen molar-refractivity contribution in [3.05, 3.63) is 29.6 Å². The molecule has 0 bridgehead atoms. The summed E-state index contributed by atoms with van der Waals surface area (Å²) in [5.41, 5.74) is 0.316. The zero-order valence-corrected chi connectivity index (χ0v) is 12.0. The topological polar surface area (TPSA) is 74.7 Å². The number of hydrogen-bond donors (Lipinski definition) is 1. The van der Waals surface area contributed by atoms with Crippen LogP contribution in [0.4, 0.5) is 4.39 Å². The van der Waals surface area contributed by atoms with Gasteiger partial charge >= 0.3 is 5.97 Å². The number of aryl methyl sites for hydroxylation is 1. The Hall–Kier alpha value is -1.47. The van der Waals surface area contributed by atoms with Gasteiger partial charge in [-0.05, 0) is 36.6 Å². The summed E-state index contributed by atoms with van der Waals surface area (Å²) < 4.78 is 39.2. The van der Waals surface area contributed by atoms with Crippen LogP contribution in [0.5, 0.6) is 0 Å². The second kappa shape index (κ2) is 5.14. The van der Waals surface area contributed by atoms with Gasteiger partial charge in [0, 0.05) is 13.1 Å². The lowest BCUT2D eigenvalue weighted by Crippen LogP contribution is -2.30. The fourth-order valence-corrected chi connectivity index (χ4v) is 4.25. The Morgan fingerprint density at radius 1 is 1.40 bits per heavy atom. The zero-order chi connectivity index (χ0) is 15.1. The number of carboxylic acids is 1. The summed E-state index contributed by atoms with van der Waals surface area (Å²) in [5.74, 6) is -2.45. The van der Waals surface area contributed by atoms with Crippen molar-refractivity contribution in [1.29, 1.82) is 0 Å². The van der Waals surface area contributed by atoms with Crippen LogP contribution >= 0.6 is 0 Å². The van der Waals surface area contributed by atoms with Crippen LogP contribution in [0.25, 0.3) is 0 Å². The summed E-state index contributed by atoms with van der Waals surface area (Å²) in [6.07, 6.45) is 0. The van der Waals surface area contributed by atoms with E-state index >= 15 is 0 Å². The smallest absolute Gasteiger partial charge is 0.308 e. The number of carbonyl (C=O) groups is 1. The van der Waals surface area contributed by atoms with E-state index in [1.54, 1.807) is 6.92 Å². The fraction of sp³-hybridized carbons (Fsp3) is 0.462. The van der Waals surface area contributed by atoms with Crippen LogP contribution in [0.2, 0.25) is 0 Å². The molecule has 1 aromatic carbocycles. The molecule has 0 spiro atoms. The maximum Gasteiger partial charge on any atom is 0.308 e. The lowest BCUT2D eigenvalue weighted by Gasteiger charge is -2.17. The van der Waals surface area contributed by atoms with E-state index < -0.39 is 27.7 Å². The summed E-state index contributed by atoms with van der Waals surface area (Å²) in [4.78, 5) is 11.1. The molecular formula is C13H16FNO4S. The van der Waals surface area contributed by atoms with E-state index in [1.807, 2.05) is 0 Å². The van der Waals surface area contributed by atoms with Crippen molar-refractivity contribution in [2.45, 2.75) is 18.7 Å². The van der Waals surface area contributed by atoms with Gasteiger partial charge in [-0.15, -0.1) is 0 Å². The molecule has 110 valence electrons. The van der Waals surface area contributed by atoms with E-state index in [2.05, 4.69) is 0 Å².